The molecule has 20 heavy (non-hydrogen) atoms. The van der Waals surface area contributed by atoms with Gasteiger partial charge >= 0.3 is 0 Å². The van der Waals surface area contributed by atoms with Crippen LogP contribution in [0.4, 0.5) is 0 Å². The van der Waals surface area contributed by atoms with Gasteiger partial charge in [0, 0.05) is 15.9 Å². The molecule has 2 heterocycles. The van der Waals surface area contributed by atoms with Crippen molar-refractivity contribution in [3.8, 4) is 5.75 Å². The van der Waals surface area contributed by atoms with Crippen LogP contribution >= 0.6 is 22.9 Å². The number of fused-ring (bicyclic) bond motifs is 1. The van der Waals surface area contributed by atoms with Crippen molar-refractivity contribution in [3.05, 3.63) is 50.7 Å². The highest BCUT2D eigenvalue weighted by molar-refractivity contribution is 7.16. The lowest BCUT2D eigenvalue weighted by Gasteiger charge is -2.19. The van der Waals surface area contributed by atoms with Crippen molar-refractivity contribution in [3.63, 3.8) is 0 Å². The van der Waals surface area contributed by atoms with Crippen LogP contribution in [0.25, 0.3) is 0 Å². The van der Waals surface area contributed by atoms with Crippen LogP contribution in [-0.2, 0) is 5.41 Å². The number of hydrogen-bond donors (Lipinski definition) is 1. The largest absolute Gasteiger partial charge is 0.492 e. The molecule has 4 heteroatoms. The lowest BCUT2D eigenvalue weighted by Crippen LogP contribution is -2.20. The number of halogens is 1. The average Bonchev–Trinajstić information content (AvgIpc) is 2.96. The van der Waals surface area contributed by atoms with Crippen LogP contribution in [0.3, 0.4) is 0 Å². The van der Waals surface area contributed by atoms with Crippen LogP contribution in [-0.4, -0.2) is 13.7 Å². The Bertz CT molecular complexity index is 635. The molecule has 0 saturated carbocycles. The molecule has 3 rings (SSSR count). The number of rotatable bonds is 3. The van der Waals surface area contributed by atoms with Crippen molar-refractivity contribution >= 4 is 22.9 Å². The number of nitrogens with one attached hydrogen (secondary N) is 1. The monoisotopic (exact) mass is 307 g/mol. The summed E-state index contributed by atoms with van der Waals surface area (Å²) in [7, 11) is 1.98. The Hall–Kier alpha value is -1.03. The van der Waals surface area contributed by atoms with Crippen LogP contribution in [0.5, 0.6) is 5.75 Å². The van der Waals surface area contributed by atoms with Gasteiger partial charge in [0.05, 0.1) is 17.0 Å². The number of hydrogen-bond acceptors (Lipinski definition) is 3. The summed E-state index contributed by atoms with van der Waals surface area (Å²) in [5.74, 6) is 1.01. The molecule has 1 unspecified atom stereocenters. The van der Waals surface area contributed by atoms with Crippen LogP contribution in [0, 0.1) is 0 Å². The molecule has 2 aromatic rings. The van der Waals surface area contributed by atoms with E-state index in [-0.39, 0.29) is 11.5 Å². The van der Waals surface area contributed by atoms with E-state index in [1.807, 2.05) is 13.1 Å². The maximum absolute atomic E-state index is 6.06. The van der Waals surface area contributed by atoms with Crippen LogP contribution in [0.1, 0.15) is 35.9 Å². The third-order valence-electron chi connectivity index (χ3n) is 3.82. The maximum Gasteiger partial charge on any atom is 0.123 e. The SMILES string of the molecule is CNC(c1ccc2c(c1)C(C)(C)CO2)c1ccc(Cl)s1. The fraction of sp³-hybridized carbons (Fsp3) is 0.375. The van der Waals surface area contributed by atoms with Gasteiger partial charge < -0.3 is 10.1 Å². The van der Waals surface area contributed by atoms with Gasteiger partial charge in [-0.05, 0) is 36.9 Å². The van der Waals surface area contributed by atoms with E-state index in [1.165, 1.54) is 16.0 Å². The molecule has 0 aliphatic carbocycles. The normalized spacial score (nSPS) is 17.6. The Labute approximate surface area is 128 Å². The Kier molecular flexibility index (Phi) is 3.53. The molecular formula is C16H18ClNOS. The van der Waals surface area contributed by atoms with Gasteiger partial charge in [-0.3, -0.25) is 0 Å². The van der Waals surface area contributed by atoms with Crippen molar-refractivity contribution in [2.24, 2.45) is 0 Å². The van der Waals surface area contributed by atoms with E-state index < -0.39 is 0 Å². The van der Waals surface area contributed by atoms with Gasteiger partial charge in [-0.15, -0.1) is 11.3 Å². The van der Waals surface area contributed by atoms with E-state index >= 15 is 0 Å². The quantitative estimate of drug-likeness (QED) is 0.908. The average molecular weight is 308 g/mol. The van der Waals surface area contributed by atoms with Gasteiger partial charge in [0.2, 0.25) is 0 Å². The second-order valence-electron chi connectivity index (χ2n) is 5.79. The minimum absolute atomic E-state index is 0.0801. The van der Waals surface area contributed by atoms with Crippen molar-refractivity contribution in [1.29, 1.82) is 0 Å². The Morgan fingerprint density at radius 3 is 2.75 bits per heavy atom. The zero-order chi connectivity index (χ0) is 14.3. The van der Waals surface area contributed by atoms with Crippen LogP contribution in [0.15, 0.2) is 30.3 Å². The summed E-state index contributed by atoms with van der Waals surface area (Å²) >= 11 is 7.68. The summed E-state index contributed by atoms with van der Waals surface area (Å²) in [5, 5.41) is 3.38. The molecule has 0 radical (unpaired) electrons. The fourth-order valence-corrected chi connectivity index (χ4v) is 3.87. The summed E-state index contributed by atoms with van der Waals surface area (Å²) < 4.78 is 6.58. The summed E-state index contributed by atoms with van der Waals surface area (Å²) in [4.78, 5) is 1.23. The smallest absolute Gasteiger partial charge is 0.123 e. The van der Waals surface area contributed by atoms with Crippen molar-refractivity contribution in [2.45, 2.75) is 25.3 Å². The van der Waals surface area contributed by atoms with E-state index in [4.69, 9.17) is 16.3 Å². The standard InChI is InChI=1S/C16H18ClNOS/c1-16(2)9-19-12-5-4-10(8-11(12)16)15(18-3)13-6-7-14(17)20-13/h4-8,15,18H,9H2,1-3H3. The molecule has 1 aliphatic rings. The van der Waals surface area contributed by atoms with Gasteiger partial charge in [0.1, 0.15) is 5.75 Å². The second kappa shape index (κ2) is 5.06. The molecule has 0 fully saturated rings. The van der Waals surface area contributed by atoms with Gasteiger partial charge in [-0.25, -0.2) is 0 Å². The first-order chi connectivity index (χ1) is 9.51. The molecule has 106 valence electrons. The molecule has 2 nitrogen and oxygen atoms in total. The minimum Gasteiger partial charge on any atom is -0.492 e. The minimum atomic E-state index is 0.0801. The molecule has 0 bridgehead atoms. The maximum atomic E-state index is 6.06. The van der Waals surface area contributed by atoms with Crippen molar-refractivity contribution < 1.29 is 4.74 Å². The highest BCUT2D eigenvalue weighted by Gasteiger charge is 2.32. The molecule has 0 saturated heterocycles. The van der Waals surface area contributed by atoms with E-state index in [9.17, 15) is 0 Å². The zero-order valence-electron chi connectivity index (χ0n) is 11.9. The molecular weight excluding hydrogens is 290 g/mol. The van der Waals surface area contributed by atoms with E-state index in [2.05, 4.69) is 43.4 Å². The lowest BCUT2D eigenvalue weighted by atomic mass is 9.85. The molecule has 0 amide bonds. The third-order valence-corrected chi connectivity index (χ3v) is 5.12. The first-order valence-electron chi connectivity index (χ1n) is 6.71. The molecule has 1 aromatic carbocycles. The van der Waals surface area contributed by atoms with Gasteiger partial charge in [0.15, 0.2) is 0 Å². The predicted molar refractivity (Wildman–Crippen MR) is 85.2 cm³/mol. The molecule has 0 spiro atoms. The van der Waals surface area contributed by atoms with Gasteiger partial charge in [-0.2, -0.15) is 0 Å². The first-order valence-corrected chi connectivity index (χ1v) is 7.90. The highest BCUT2D eigenvalue weighted by Crippen LogP contribution is 2.41. The molecule has 1 aromatic heterocycles. The van der Waals surface area contributed by atoms with Crippen LogP contribution in [0.2, 0.25) is 4.34 Å². The Morgan fingerprint density at radius 2 is 2.10 bits per heavy atom. The molecule has 1 aliphatic heterocycles. The van der Waals surface area contributed by atoms with Crippen molar-refractivity contribution in [1.82, 2.24) is 5.32 Å². The van der Waals surface area contributed by atoms with Crippen LogP contribution < -0.4 is 10.1 Å². The fourth-order valence-electron chi connectivity index (χ4n) is 2.67. The van der Waals surface area contributed by atoms with Crippen molar-refractivity contribution in [2.75, 3.05) is 13.7 Å². The Morgan fingerprint density at radius 1 is 1.30 bits per heavy atom. The van der Waals surface area contributed by atoms with Gasteiger partial charge in [-0.1, -0.05) is 31.5 Å². The summed E-state index contributed by atoms with van der Waals surface area (Å²) in [6.45, 7) is 5.19. The molecule has 1 N–H and O–H groups in total. The summed E-state index contributed by atoms with van der Waals surface area (Å²) in [5.41, 5.74) is 2.62. The second-order valence-corrected chi connectivity index (χ2v) is 7.54. The van der Waals surface area contributed by atoms with E-state index in [0.717, 1.165) is 16.7 Å². The zero-order valence-corrected chi connectivity index (χ0v) is 13.4. The van der Waals surface area contributed by atoms with E-state index in [1.54, 1.807) is 11.3 Å². The lowest BCUT2D eigenvalue weighted by molar-refractivity contribution is 0.291. The number of ether oxygens (including phenoxy) is 1. The predicted octanol–water partition coefficient (Wildman–Crippen LogP) is 4.38. The van der Waals surface area contributed by atoms with Gasteiger partial charge in [0.25, 0.3) is 0 Å². The Balaban J connectivity index is 2.02. The topological polar surface area (TPSA) is 21.3 Å². The number of thiophene rings is 1. The summed E-state index contributed by atoms with van der Waals surface area (Å²) in [6.07, 6.45) is 0. The molecule has 1 atom stereocenters. The van der Waals surface area contributed by atoms with E-state index in [0.29, 0.717) is 0 Å². The number of benzene rings is 1. The summed E-state index contributed by atoms with van der Waals surface area (Å²) in [6, 6.07) is 10.7. The first kappa shape index (κ1) is 13.9. The highest BCUT2D eigenvalue weighted by atomic mass is 35.5. The third kappa shape index (κ3) is 2.34.